The number of benzene rings is 2. The number of nitrogens with zero attached hydrogens (tertiary/aromatic N) is 1. The summed E-state index contributed by atoms with van der Waals surface area (Å²) >= 11 is 0. The Kier molecular flexibility index (Phi) is 4.82. The molecule has 0 aromatic heterocycles. The van der Waals surface area contributed by atoms with E-state index in [2.05, 4.69) is 4.90 Å². The number of halogens is 1. The highest BCUT2D eigenvalue weighted by Crippen LogP contribution is 2.47. The summed E-state index contributed by atoms with van der Waals surface area (Å²) in [5.41, 5.74) is 0.111. The number of ether oxygens (including phenoxy) is 1. The largest absolute Gasteiger partial charge is 0.508 e. The minimum atomic E-state index is -1.12. The van der Waals surface area contributed by atoms with Crippen LogP contribution in [0.4, 0.5) is 4.39 Å². The van der Waals surface area contributed by atoms with E-state index in [1.807, 2.05) is 13.0 Å². The second-order valence-electron chi connectivity index (χ2n) is 7.70. The Morgan fingerprint density at radius 3 is 2.52 bits per heavy atom. The first-order chi connectivity index (χ1) is 13.0. The minimum Gasteiger partial charge on any atom is -0.508 e. The number of aliphatic hydroxyl groups is 1. The number of hydrogen-bond donors (Lipinski definition) is 2. The van der Waals surface area contributed by atoms with Crippen LogP contribution in [0.15, 0.2) is 42.5 Å². The van der Waals surface area contributed by atoms with Gasteiger partial charge in [0, 0.05) is 29.8 Å². The van der Waals surface area contributed by atoms with Gasteiger partial charge in [0.05, 0.1) is 12.2 Å². The molecule has 2 aliphatic rings. The monoisotopic (exact) mass is 371 g/mol. The molecule has 0 unspecified atom stereocenters. The lowest BCUT2D eigenvalue weighted by Gasteiger charge is -2.44. The van der Waals surface area contributed by atoms with Crippen LogP contribution < -0.4 is 4.74 Å². The smallest absolute Gasteiger partial charge is 0.129 e. The third kappa shape index (κ3) is 3.42. The Hall–Kier alpha value is -2.11. The zero-order valence-electron chi connectivity index (χ0n) is 15.6. The van der Waals surface area contributed by atoms with Crippen molar-refractivity contribution in [3.63, 3.8) is 0 Å². The molecule has 2 aromatic carbocycles. The van der Waals surface area contributed by atoms with E-state index in [0.29, 0.717) is 31.6 Å². The number of piperidine rings is 1. The molecule has 2 bridgehead atoms. The van der Waals surface area contributed by atoms with Gasteiger partial charge in [-0.2, -0.15) is 0 Å². The van der Waals surface area contributed by atoms with Crippen LogP contribution in [-0.2, 0) is 12.1 Å². The maximum Gasteiger partial charge on any atom is 0.129 e. The Labute approximate surface area is 159 Å². The van der Waals surface area contributed by atoms with E-state index >= 15 is 0 Å². The summed E-state index contributed by atoms with van der Waals surface area (Å²) < 4.78 is 19.8. The van der Waals surface area contributed by atoms with E-state index in [1.165, 1.54) is 6.07 Å². The van der Waals surface area contributed by atoms with Crippen LogP contribution in [0.5, 0.6) is 11.5 Å². The Morgan fingerprint density at radius 2 is 1.85 bits per heavy atom. The number of fused-ring (bicyclic) bond motifs is 2. The van der Waals surface area contributed by atoms with E-state index in [0.717, 1.165) is 24.2 Å². The summed E-state index contributed by atoms with van der Waals surface area (Å²) in [6.45, 7) is 3.12. The van der Waals surface area contributed by atoms with Crippen molar-refractivity contribution in [2.75, 3.05) is 6.61 Å². The van der Waals surface area contributed by atoms with Gasteiger partial charge in [-0.25, -0.2) is 4.39 Å². The third-order valence-corrected chi connectivity index (χ3v) is 6.01. The van der Waals surface area contributed by atoms with Crippen molar-refractivity contribution < 1.29 is 19.3 Å². The van der Waals surface area contributed by atoms with Crippen LogP contribution in [0.2, 0.25) is 0 Å². The molecule has 2 fully saturated rings. The average molecular weight is 371 g/mol. The van der Waals surface area contributed by atoms with Crippen molar-refractivity contribution in [1.82, 2.24) is 4.90 Å². The van der Waals surface area contributed by atoms with E-state index in [4.69, 9.17) is 4.74 Å². The molecule has 2 aliphatic heterocycles. The molecule has 2 heterocycles. The lowest BCUT2D eigenvalue weighted by molar-refractivity contribution is -0.0616. The second kappa shape index (κ2) is 7.13. The summed E-state index contributed by atoms with van der Waals surface area (Å²) in [7, 11) is 0. The van der Waals surface area contributed by atoms with Gasteiger partial charge in [0.2, 0.25) is 0 Å². The molecule has 0 aliphatic carbocycles. The Bertz CT molecular complexity index is 811. The van der Waals surface area contributed by atoms with Crippen molar-refractivity contribution in [3.05, 3.63) is 59.4 Å². The van der Waals surface area contributed by atoms with E-state index < -0.39 is 5.60 Å². The number of hydrogen-bond acceptors (Lipinski definition) is 4. The maximum absolute atomic E-state index is 14.3. The lowest BCUT2D eigenvalue weighted by Crippen LogP contribution is -2.49. The van der Waals surface area contributed by atoms with Crippen LogP contribution in [0.3, 0.4) is 0 Å². The summed E-state index contributed by atoms with van der Waals surface area (Å²) in [4.78, 5) is 2.35. The molecule has 144 valence electrons. The van der Waals surface area contributed by atoms with Crippen LogP contribution in [0, 0.1) is 5.82 Å². The fourth-order valence-corrected chi connectivity index (χ4v) is 4.77. The first-order valence-corrected chi connectivity index (χ1v) is 9.68. The molecule has 2 N–H and O–H groups in total. The van der Waals surface area contributed by atoms with Crippen LogP contribution in [0.25, 0.3) is 0 Å². The van der Waals surface area contributed by atoms with E-state index in [-0.39, 0.29) is 23.7 Å². The number of phenolic OH excluding ortho intramolecular Hbond substituents is 1. The van der Waals surface area contributed by atoms with Crippen molar-refractivity contribution in [3.8, 4) is 11.5 Å². The van der Waals surface area contributed by atoms with Gasteiger partial charge in [-0.05, 0) is 56.9 Å². The van der Waals surface area contributed by atoms with Gasteiger partial charge >= 0.3 is 0 Å². The first-order valence-electron chi connectivity index (χ1n) is 9.68. The molecule has 0 radical (unpaired) electrons. The fourth-order valence-electron chi connectivity index (χ4n) is 4.77. The zero-order chi connectivity index (χ0) is 19.0. The third-order valence-electron chi connectivity index (χ3n) is 6.01. The molecular weight excluding hydrogens is 345 g/mol. The fraction of sp³-hybridized carbons (Fsp3) is 0.455. The lowest BCUT2D eigenvalue weighted by atomic mass is 9.80. The van der Waals surface area contributed by atoms with Crippen LogP contribution in [0.1, 0.15) is 43.7 Å². The van der Waals surface area contributed by atoms with Gasteiger partial charge in [-0.3, -0.25) is 4.90 Å². The van der Waals surface area contributed by atoms with Crippen molar-refractivity contribution in [2.24, 2.45) is 0 Å². The van der Waals surface area contributed by atoms with Gasteiger partial charge in [0.1, 0.15) is 17.3 Å². The van der Waals surface area contributed by atoms with Gasteiger partial charge in [0.25, 0.3) is 0 Å². The van der Waals surface area contributed by atoms with E-state index in [9.17, 15) is 14.6 Å². The molecule has 27 heavy (non-hydrogen) atoms. The van der Waals surface area contributed by atoms with Gasteiger partial charge in [-0.15, -0.1) is 0 Å². The van der Waals surface area contributed by atoms with Crippen LogP contribution >= 0.6 is 0 Å². The molecule has 4 nitrogen and oxygen atoms in total. The number of aromatic hydroxyl groups is 1. The number of phenols is 1. The summed E-state index contributed by atoms with van der Waals surface area (Å²) in [5, 5.41) is 21.5. The highest BCUT2D eigenvalue weighted by molar-refractivity contribution is 5.39. The molecule has 2 aromatic rings. The summed E-state index contributed by atoms with van der Waals surface area (Å²) in [6, 6.07) is 12.2. The normalized spacial score (nSPS) is 27.7. The maximum atomic E-state index is 14.3. The zero-order valence-corrected chi connectivity index (χ0v) is 15.6. The standard InChI is InChI=1S/C22H26FNO3/c1-2-27-18-9-10-21(25)15(11-18)14-24-16-7-8-17(24)13-22(26,12-16)19-5-3-4-6-20(19)23/h3-6,9-11,16-17,25-26H,2,7-8,12-14H2,1H3/t16-,17-/m0/s1. The number of rotatable bonds is 5. The average Bonchev–Trinajstić information content (AvgIpc) is 2.89. The second-order valence-corrected chi connectivity index (χ2v) is 7.70. The van der Waals surface area contributed by atoms with Gasteiger partial charge in [-0.1, -0.05) is 18.2 Å². The molecule has 2 saturated heterocycles. The Balaban J connectivity index is 1.55. The van der Waals surface area contributed by atoms with Crippen molar-refractivity contribution in [1.29, 1.82) is 0 Å². The highest BCUT2D eigenvalue weighted by Gasteiger charge is 2.49. The van der Waals surface area contributed by atoms with Crippen LogP contribution in [-0.4, -0.2) is 33.8 Å². The SMILES string of the molecule is CCOc1ccc(O)c(CN2[C@H]3CC[C@H]2CC(O)(c2ccccc2F)C3)c1. The highest BCUT2D eigenvalue weighted by atomic mass is 19.1. The first kappa shape index (κ1) is 18.3. The Morgan fingerprint density at radius 1 is 1.15 bits per heavy atom. The topological polar surface area (TPSA) is 52.9 Å². The molecule has 2 atom stereocenters. The molecule has 0 spiro atoms. The molecule has 4 rings (SSSR count). The predicted octanol–water partition coefficient (Wildman–Crippen LogP) is 3.94. The van der Waals surface area contributed by atoms with E-state index in [1.54, 1.807) is 30.3 Å². The van der Waals surface area contributed by atoms with Crippen molar-refractivity contribution in [2.45, 2.75) is 56.8 Å². The van der Waals surface area contributed by atoms with Crippen molar-refractivity contribution >= 4 is 0 Å². The summed E-state index contributed by atoms with van der Waals surface area (Å²) in [6.07, 6.45) is 2.98. The van der Waals surface area contributed by atoms with Gasteiger partial charge in [0.15, 0.2) is 0 Å². The van der Waals surface area contributed by atoms with Gasteiger partial charge < -0.3 is 14.9 Å². The molecule has 5 heteroatoms. The molecule has 0 amide bonds. The molecular formula is C22H26FNO3. The predicted molar refractivity (Wildman–Crippen MR) is 101 cm³/mol. The minimum absolute atomic E-state index is 0.170. The quantitative estimate of drug-likeness (QED) is 0.836. The summed E-state index contributed by atoms with van der Waals surface area (Å²) in [5.74, 6) is 0.667. The molecule has 0 saturated carbocycles.